The predicted molar refractivity (Wildman–Crippen MR) is 47.6 cm³/mol. The first kappa shape index (κ1) is 8.10. The summed E-state index contributed by atoms with van der Waals surface area (Å²) in [6, 6.07) is 1.13. The predicted octanol–water partition coefficient (Wildman–Crippen LogP) is 0.607. The Bertz CT molecular complexity index is 194. The third-order valence-electron chi connectivity index (χ3n) is 3.13. The van der Waals surface area contributed by atoms with Gasteiger partial charge in [-0.3, -0.25) is 4.90 Å². The van der Waals surface area contributed by atoms with E-state index in [0.717, 1.165) is 19.4 Å². The topological polar surface area (TPSA) is 23.5 Å². The summed E-state index contributed by atoms with van der Waals surface area (Å²) >= 11 is 0. The molecule has 0 aliphatic carbocycles. The minimum absolute atomic E-state index is 0.0727. The van der Waals surface area contributed by atoms with Crippen LogP contribution in [-0.2, 0) is 0 Å². The zero-order chi connectivity index (χ0) is 8.55. The van der Waals surface area contributed by atoms with Gasteiger partial charge in [-0.2, -0.15) is 0 Å². The minimum atomic E-state index is -0.0727. The number of fused-ring (bicyclic) bond motifs is 2. The Morgan fingerprint density at radius 3 is 2.42 bits per heavy atom. The summed E-state index contributed by atoms with van der Waals surface area (Å²) in [5.74, 6) is 2.70. The van der Waals surface area contributed by atoms with Crippen LogP contribution < -0.4 is 0 Å². The van der Waals surface area contributed by atoms with E-state index < -0.39 is 0 Å². The summed E-state index contributed by atoms with van der Waals surface area (Å²) in [5.41, 5.74) is 0. The fraction of sp³-hybridized carbons (Fsp3) is 0.800. The second kappa shape index (κ2) is 3.08. The van der Waals surface area contributed by atoms with E-state index in [1.54, 1.807) is 0 Å². The first-order chi connectivity index (χ1) is 5.81. The van der Waals surface area contributed by atoms with Crippen molar-refractivity contribution in [1.82, 2.24) is 4.90 Å². The van der Waals surface area contributed by atoms with E-state index in [4.69, 9.17) is 6.42 Å². The molecular weight excluding hydrogens is 150 g/mol. The zero-order valence-electron chi connectivity index (χ0n) is 7.24. The lowest BCUT2D eigenvalue weighted by Gasteiger charge is -2.35. The van der Waals surface area contributed by atoms with Crippen LogP contribution in [0, 0.1) is 12.3 Å². The molecule has 0 aromatic carbocycles. The third-order valence-corrected chi connectivity index (χ3v) is 3.13. The highest BCUT2D eigenvalue weighted by atomic mass is 16.3. The molecule has 3 atom stereocenters. The van der Waals surface area contributed by atoms with E-state index in [9.17, 15) is 5.11 Å². The van der Waals surface area contributed by atoms with E-state index in [2.05, 4.69) is 10.8 Å². The SMILES string of the molecule is C#CCN1[C@@H]2CC[C@H]1CC(O)C2. The van der Waals surface area contributed by atoms with Crippen molar-refractivity contribution >= 4 is 0 Å². The normalized spacial score (nSPS) is 41.2. The van der Waals surface area contributed by atoms with Crippen molar-refractivity contribution in [2.75, 3.05) is 6.54 Å². The highest BCUT2D eigenvalue weighted by Crippen LogP contribution is 2.34. The van der Waals surface area contributed by atoms with Crippen molar-refractivity contribution in [2.24, 2.45) is 0 Å². The van der Waals surface area contributed by atoms with Gasteiger partial charge in [-0.05, 0) is 25.7 Å². The van der Waals surface area contributed by atoms with Gasteiger partial charge in [0, 0.05) is 12.1 Å². The molecule has 0 spiro atoms. The van der Waals surface area contributed by atoms with Gasteiger partial charge >= 0.3 is 0 Å². The monoisotopic (exact) mass is 165 g/mol. The molecule has 2 fully saturated rings. The molecule has 12 heavy (non-hydrogen) atoms. The number of aliphatic hydroxyl groups excluding tert-OH is 1. The van der Waals surface area contributed by atoms with Crippen molar-refractivity contribution in [1.29, 1.82) is 0 Å². The number of nitrogens with zero attached hydrogens (tertiary/aromatic N) is 1. The molecular formula is C10H15NO. The lowest BCUT2D eigenvalue weighted by molar-refractivity contribution is 0.0433. The first-order valence-electron chi connectivity index (χ1n) is 4.68. The van der Waals surface area contributed by atoms with Crippen LogP contribution in [0.25, 0.3) is 0 Å². The zero-order valence-corrected chi connectivity index (χ0v) is 7.24. The lowest BCUT2D eigenvalue weighted by atomic mass is 10.0. The molecule has 2 aliphatic heterocycles. The molecule has 2 nitrogen and oxygen atoms in total. The maximum absolute atomic E-state index is 9.50. The number of terminal acetylenes is 1. The Morgan fingerprint density at radius 1 is 1.33 bits per heavy atom. The number of piperidine rings is 1. The highest BCUT2D eigenvalue weighted by Gasteiger charge is 2.39. The molecule has 0 aromatic heterocycles. The molecule has 2 heterocycles. The van der Waals surface area contributed by atoms with Crippen molar-refractivity contribution < 1.29 is 5.11 Å². The van der Waals surface area contributed by atoms with Gasteiger partial charge in [0.15, 0.2) is 0 Å². The fourth-order valence-electron chi connectivity index (χ4n) is 2.61. The van der Waals surface area contributed by atoms with Gasteiger partial charge in [0.05, 0.1) is 12.6 Å². The van der Waals surface area contributed by atoms with Crippen LogP contribution in [0.2, 0.25) is 0 Å². The number of hydrogen-bond donors (Lipinski definition) is 1. The second-order valence-electron chi connectivity index (χ2n) is 3.89. The number of aliphatic hydroxyl groups is 1. The Morgan fingerprint density at radius 2 is 1.92 bits per heavy atom. The quantitative estimate of drug-likeness (QED) is 0.575. The molecule has 1 unspecified atom stereocenters. The van der Waals surface area contributed by atoms with Gasteiger partial charge in [0.2, 0.25) is 0 Å². The molecule has 0 radical (unpaired) electrons. The molecule has 0 amide bonds. The van der Waals surface area contributed by atoms with E-state index >= 15 is 0 Å². The Balaban J connectivity index is 2.05. The van der Waals surface area contributed by atoms with Gasteiger partial charge in [-0.25, -0.2) is 0 Å². The van der Waals surface area contributed by atoms with Crippen LogP contribution in [0.4, 0.5) is 0 Å². The van der Waals surface area contributed by atoms with E-state index in [0.29, 0.717) is 12.1 Å². The van der Waals surface area contributed by atoms with Crippen molar-refractivity contribution in [2.45, 2.75) is 43.9 Å². The van der Waals surface area contributed by atoms with Gasteiger partial charge in [-0.15, -0.1) is 6.42 Å². The van der Waals surface area contributed by atoms with Crippen molar-refractivity contribution in [3.63, 3.8) is 0 Å². The van der Waals surface area contributed by atoms with Gasteiger partial charge in [-0.1, -0.05) is 5.92 Å². The van der Waals surface area contributed by atoms with Crippen LogP contribution in [0.5, 0.6) is 0 Å². The Kier molecular flexibility index (Phi) is 2.08. The van der Waals surface area contributed by atoms with Crippen LogP contribution in [-0.4, -0.2) is 34.7 Å². The number of hydrogen-bond acceptors (Lipinski definition) is 2. The van der Waals surface area contributed by atoms with Crippen molar-refractivity contribution in [3.05, 3.63) is 0 Å². The molecule has 2 aliphatic rings. The lowest BCUT2D eigenvalue weighted by Crippen LogP contribution is -2.44. The summed E-state index contributed by atoms with van der Waals surface area (Å²) in [6.45, 7) is 0.766. The Hall–Kier alpha value is -0.520. The minimum Gasteiger partial charge on any atom is -0.393 e. The molecule has 0 saturated carbocycles. The molecule has 2 saturated heterocycles. The molecule has 2 heteroatoms. The summed E-state index contributed by atoms with van der Waals surface area (Å²) in [4.78, 5) is 2.38. The summed E-state index contributed by atoms with van der Waals surface area (Å²) in [5, 5.41) is 9.50. The third kappa shape index (κ3) is 1.24. The van der Waals surface area contributed by atoms with Crippen LogP contribution >= 0.6 is 0 Å². The average molecular weight is 165 g/mol. The fourth-order valence-corrected chi connectivity index (χ4v) is 2.61. The second-order valence-corrected chi connectivity index (χ2v) is 3.89. The van der Waals surface area contributed by atoms with Crippen LogP contribution in [0.3, 0.4) is 0 Å². The molecule has 2 rings (SSSR count). The molecule has 0 aromatic rings. The molecule has 2 bridgehead atoms. The smallest absolute Gasteiger partial charge is 0.0603 e. The summed E-state index contributed by atoms with van der Waals surface area (Å²) < 4.78 is 0. The highest BCUT2D eigenvalue weighted by molar-refractivity contribution is 5.00. The first-order valence-corrected chi connectivity index (χ1v) is 4.68. The van der Waals surface area contributed by atoms with Gasteiger partial charge in [0.25, 0.3) is 0 Å². The summed E-state index contributed by atoms with van der Waals surface area (Å²) in [6.07, 6.45) is 9.53. The maximum Gasteiger partial charge on any atom is 0.0603 e. The number of rotatable bonds is 1. The molecule has 1 N–H and O–H groups in total. The largest absolute Gasteiger partial charge is 0.393 e. The van der Waals surface area contributed by atoms with E-state index in [1.807, 2.05) is 0 Å². The van der Waals surface area contributed by atoms with Crippen LogP contribution in [0.1, 0.15) is 25.7 Å². The van der Waals surface area contributed by atoms with E-state index in [1.165, 1.54) is 12.8 Å². The standard InChI is InChI=1S/C10H15NO/c1-2-5-11-8-3-4-9(11)7-10(12)6-8/h1,8-10,12H,3-7H2/t8-,9+,10?. The maximum atomic E-state index is 9.50. The summed E-state index contributed by atoms with van der Waals surface area (Å²) in [7, 11) is 0. The Labute approximate surface area is 73.6 Å². The van der Waals surface area contributed by atoms with E-state index in [-0.39, 0.29) is 6.10 Å². The van der Waals surface area contributed by atoms with Gasteiger partial charge in [0.1, 0.15) is 0 Å². The average Bonchev–Trinajstić information content (AvgIpc) is 2.32. The van der Waals surface area contributed by atoms with Crippen molar-refractivity contribution in [3.8, 4) is 12.3 Å². The van der Waals surface area contributed by atoms with Gasteiger partial charge < -0.3 is 5.11 Å². The molecule has 66 valence electrons. The van der Waals surface area contributed by atoms with Crippen LogP contribution in [0.15, 0.2) is 0 Å².